The molecule has 0 aromatic heterocycles. The van der Waals surface area contributed by atoms with E-state index in [2.05, 4.69) is 49.3 Å². The normalized spacial score (nSPS) is 17.2. The van der Waals surface area contributed by atoms with Crippen molar-refractivity contribution in [1.82, 2.24) is 10.2 Å². The van der Waals surface area contributed by atoms with E-state index in [1.807, 2.05) is 0 Å². The summed E-state index contributed by atoms with van der Waals surface area (Å²) in [5.41, 5.74) is 4.38. The maximum atomic E-state index is 3.30. The van der Waals surface area contributed by atoms with Crippen LogP contribution in [0, 0.1) is 19.8 Å². The molecule has 1 aromatic rings. The molecule has 0 atom stereocenters. The predicted octanol–water partition coefficient (Wildman–Crippen LogP) is 3.16. The minimum atomic E-state index is 0. The highest BCUT2D eigenvalue weighted by molar-refractivity contribution is 5.85. The lowest BCUT2D eigenvalue weighted by atomic mass is 9.95. The van der Waals surface area contributed by atoms with Crippen molar-refractivity contribution >= 4 is 12.4 Å². The van der Waals surface area contributed by atoms with Crippen LogP contribution in [0.1, 0.15) is 29.5 Å². The lowest BCUT2D eigenvalue weighted by Gasteiger charge is -2.32. The summed E-state index contributed by atoms with van der Waals surface area (Å²) in [6.07, 6.45) is 2.68. The second-order valence-corrected chi connectivity index (χ2v) is 5.64. The third-order valence-corrected chi connectivity index (χ3v) is 4.31. The van der Waals surface area contributed by atoms with Crippen LogP contribution in [-0.4, -0.2) is 31.6 Å². The third kappa shape index (κ3) is 4.48. The number of piperidine rings is 1. The van der Waals surface area contributed by atoms with Crippen LogP contribution in [0.15, 0.2) is 18.2 Å². The zero-order valence-electron chi connectivity index (χ0n) is 12.4. The Morgan fingerprint density at radius 1 is 1.21 bits per heavy atom. The van der Waals surface area contributed by atoms with E-state index in [0.29, 0.717) is 0 Å². The average Bonchev–Trinajstić information content (AvgIpc) is 2.38. The van der Waals surface area contributed by atoms with Crippen LogP contribution in [0.2, 0.25) is 0 Å². The number of halogens is 1. The fraction of sp³-hybridized carbons (Fsp3) is 0.625. The standard InChI is InChI=1S/C16H26N2.ClH/c1-13-5-4-6-16(14(13)2)12-18-9-7-15(8-10-18)11-17-3;/h4-6,15,17H,7-12H2,1-3H3;1H. The molecule has 0 bridgehead atoms. The van der Waals surface area contributed by atoms with E-state index >= 15 is 0 Å². The number of aryl methyl sites for hydroxylation is 1. The highest BCUT2D eigenvalue weighted by atomic mass is 35.5. The second kappa shape index (κ2) is 7.88. The van der Waals surface area contributed by atoms with Crippen molar-refractivity contribution < 1.29 is 0 Å². The molecule has 0 radical (unpaired) electrons. The van der Waals surface area contributed by atoms with E-state index in [1.54, 1.807) is 0 Å². The summed E-state index contributed by atoms with van der Waals surface area (Å²) in [6, 6.07) is 6.67. The topological polar surface area (TPSA) is 15.3 Å². The van der Waals surface area contributed by atoms with E-state index in [0.717, 1.165) is 12.5 Å². The maximum absolute atomic E-state index is 3.30. The SMILES string of the molecule is CNCC1CCN(Cc2cccc(C)c2C)CC1.Cl. The largest absolute Gasteiger partial charge is 0.319 e. The number of nitrogens with zero attached hydrogens (tertiary/aromatic N) is 1. The molecule has 2 rings (SSSR count). The first-order valence-electron chi connectivity index (χ1n) is 7.12. The van der Waals surface area contributed by atoms with Crippen LogP contribution in [0.3, 0.4) is 0 Å². The fourth-order valence-corrected chi connectivity index (χ4v) is 2.86. The number of hydrogen-bond acceptors (Lipinski definition) is 2. The molecule has 1 aliphatic heterocycles. The Labute approximate surface area is 124 Å². The maximum Gasteiger partial charge on any atom is 0.0236 e. The zero-order chi connectivity index (χ0) is 13.0. The molecule has 1 saturated heterocycles. The lowest BCUT2D eigenvalue weighted by Crippen LogP contribution is -2.36. The van der Waals surface area contributed by atoms with Gasteiger partial charge in [0, 0.05) is 6.54 Å². The average molecular weight is 283 g/mol. The molecular weight excluding hydrogens is 256 g/mol. The molecule has 1 fully saturated rings. The van der Waals surface area contributed by atoms with Gasteiger partial charge in [0.1, 0.15) is 0 Å². The Hall–Kier alpha value is -0.570. The van der Waals surface area contributed by atoms with Gasteiger partial charge in [-0.15, -0.1) is 12.4 Å². The van der Waals surface area contributed by atoms with Crippen LogP contribution >= 0.6 is 12.4 Å². The quantitative estimate of drug-likeness (QED) is 0.913. The molecule has 0 spiro atoms. The van der Waals surface area contributed by atoms with Gasteiger partial charge >= 0.3 is 0 Å². The molecule has 1 heterocycles. The first-order valence-corrected chi connectivity index (χ1v) is 7.12. The minimum Gasteiger partial charge on any atom is -0.319 e. The van der Waals surface area contributed by atoms with Crippen molar-refractivity contribution in [2.75, 3.05) is 26.7 Å². The Balaban J connectivity index is 0.00000180. The van der Waals surface area contributed by atoms with Crippen LogP contribution in [0.4, 0.5) is 0 Å². The zero-order valence-corrected chi connectivity index (χ0v) is 13.2. The summed E-state index contributed by atoms with van der Waals surface area (Å²) < 4.78 is 0. The third-order valence-electron chi connectivity index (χ3n) is 4.31. The Morgan fingerprint density at radius 2 is 1.89 bits per heavy atom. The molecule has 1 aliphatic rings. The van der Waals surface area contributed by atoms with Gasteiger partial charge in [-0.25, -0.2) is 0 Å². The monoisotopic (exact) mass is 282 g/mol. The highest BCUT2D eigenvalue weighted by Gasteiger charge is 2.18. The van der Waals surface area contributed by atoms with Crippen LogP contribution in [0.25, 0.3) is 0 Å². The van der Waals surface area contributed by atoms with Crippen molar-refractivity contribution in [3.05, 3.63) is 34.9 Å². The van der Waals surface area contributed by atoms with Crippen molar-refractivity contribution in [3.63, 3.8) is 0 Å². The summed E-state index contributed by atoms with van der Waals surface area (Å²) in [5.74, 6) is 0.879. The molecule has 1 aromatic carbocycles. The molecule has 0 saturated carbocycles. The van der Waals surface area contributed by atoms with E-state index < -0.39 is 0 Å². The molecule has 108 valence electrons. The molecular formula is C16H27ClN2. The Morgan fingerprint density at radius 3 is 2.53 bits per heavy atom. The fourth-order valence-electron chi connectivity index (χ4n) is 2.86. The van der Waals surface area contributed by atoms with Gasteiger partial charge in [-0.3, -0.25) is 4.90 Å². The number of nitrogens with one attached hydrogen (secondary N) is 1. The summed E-state index contributed by atoms with van der Waals surface area (Å²) in [4.78, 5) is 2.61. The van der Waals surface area contributed by atoms with Gasteiger partial charge < -0.3 is 5.32 Å². The van der Waals surface area contributed by atoms with Gasteiger partial charge in [0.2, 0.25) is 0 Å². The van der Waals surface area contributed by atoms with E-state index in [1.165, 1.54) is 49.2 Å². The molecule has 0 unspecified atom stereocenters. The minimum absolute atomic E-state index is 0. The first-order chi connectivity index (χ1) is 8.70. The van der Waals surface area contributed by atoms with Crippen LogP contribution < -0.4 is 5.32 Å². The van der Waals surface area contributed by atoms with Crippen molar-refractivity contribution in [2.45, 2.75) is 33.2 Å². The number of likely N-dealkylation sites (tertiary alicyclic amines) is 1. The molecule has 1 N–H and O–H groups in total. The molecule has 19 heavy (non-hydrogen) atoms. The van der Waals surface area contributed by atoms with Gasteiger partial charge in [-0.05, 0) is 76.0 Å². The number of benzene rings is 1. The predicted molar refractivity (Wildman–Crippen MR) is 85.1 cm³/mol. The Bertz CT molecular complexity index is 384. The smallest absolute Gasteiger partial charge is 0.0236 e. The molecule has 3 heteroatoms. The summed E-state index contributed by atoms with van der Waals surface area (Å²) in [7, 11) is 2.06. The van der Waals surface area contributed by atoms with E-state index in [-0.39, 0.29) is 12.4 Å². The van der Waals surface area contributed by atoms with Gasteiger partial charge in [0.25, 0.3) is 0 Å². The van der Waals surface area contributed by atoms with Gasteiger partial charge in [-0.2, -0.15) is 0 Å². The first kappa shape index (κ1) is 16.5. The van der Waals surface area contributed by atoms with Crippen molar-refractivity contribution in [1.29, 1.82) is 0 Å². The van der Waals surface area contributed by atoms with Gasteiger partial charge in [0.15, 0.2) is 0 Å². The number of hydrogen-bond donors (Lipinski definition) is 1. The van der Waals surface area contributed by atoms with Crippen LogP contribution in [-0.2, 0) is 6.54 Å². The van der Waals surface area contributed by atoms with Gasteiger partial charge in [-0.1, -0.05) is 18.2 Å². The summed E-state index contributed by atoms with van der Waals surface area (Å²) in [5, 5.41) is 3.30. The Kier molecular flexibility index (Phi) is 6.84. The van der Waals surface area contributed by atoms with Gasteiger partial charge in [0.05, 0.1) is 0 Å². The van der Waals surface area contributed by atoms with E-state index in [9.17, 15) is 0 Å². The molecule has 2 nitrogen and oxygen atoms in total. The molecule has 0 aliphatic carbocycles. The van der Waals surface area contributed by atoms with Crippen molar-refractivity contribution in [2.24, 2.45) is 5.92 Å². The highest BCUT2D eigenvalue weighted by Crippen LogP contribution is 2.20. The summed E-state index contributed by atoms with van der Waals surface area (Å²) in [6.45, 7) is 9.26. The summed E-state index contributed by atoms with van der Waals surface area (Å²) >= 11 is 0. The van der Waals surface area contributed by atoms with E-state index in [4.69, 9.17) is 0 Å². The van der Waals surface area contributed by atoms with Crippen molar-refractivity contribution in [3.8, 4) is 0 Å². The second-order valence-electron chi connectivity index (χ2n) is 5.64. The lowest BCUT2D eigenvalue weighted by molar-refractivity contribution is 0.176. The number of rotatable bonds is 4. The molecule has 0 amide bonds. The van der Waals surface area contributed by atoms with Crippen LogP contribution in [0.5, 0.6) is 0 Å².